The Bertz CT molecular complexity index is 488. The van der Waals surface area contributed by atoms with Crippen molar-refractivity contribution in [2.24, 2.45) is 0 Å². The Morgan fingerprint density at radius 2 is 2.30 bits per heavy atom. The average molecular weight is 342 g/mol. The molecule has 1 aromatic heterocycles. The predicted octanol–water partition coefficient (Wildman–Crippen LogP) is 2.73. The first-order valence-corrected chi connectivity index (χ1v) is 7.48. The molecule has 20 heavy (non-hydrogen) atoms. The lowest BCUT2D eigenvalue weighted by atomic mass is 10.1. The predicted molar refractivity (Wildman–Crippen MR) is 80.5 cm³/mol. The zero-order valence-electron chi connectivity index (χ0n) is 12.0. The smallest absolute Gasteiger partial charge is 0.410 e. The molecule has 1 aliphatic heterocycles. The lowest BCUT2D eigenvalue weighted by Gasteiger charge is -2.35. The number of rotatable bonds is 1. The van der Waals surface area contributed by atoms with E-state index in [1.165, 1.54) is 0 Å². The Balaban J connectivity index is 2.06. The first-order chi connectivity index (χ1) is 9.37. The monoisotopic (exact) mass is 341 g/mol. The molecule has 2 rings (SSSR count). The number of halogens is 1. The third-order valence-electron chi connectivity index (χ3n) is 2.99. The van der Waals surface area contributed by atoms with Crippen LogP contribution in [0.5, 0.6) is 0 Å². The van der Waals surface area contributed by atoms with Crippen LogP contribution in [-0.4, -0.2) is 41.2 Å². The molecular weight excluding hydrogens is 322 g/mol. The van der Waals surface area contributed by atoms with Crippen molar-refractivity contribution < 1.29 is 9.53 Å². The van der Waals surface area contributed by atoms with E-state index in [0.717, 1.165) is 16.7 Å². The molecule has 2 heterocycles. The molecule has 1 saturated heterocycles. The van der Waals surface area contributed by atoms with E-state index in [0.29, 0.717) is 13.1 Å². The third kappa shape index (κ3) is 3.93. The summed E-state index contributed by atoms with van der Waals surface area (Å²) in [7, 11) is 0. The van der Waals surface area contributed by atoms with E-state index in [9.17, 15) is 4.79 Å². The van der Waals surface area contributed by atoms with Crippen LogP contribution in [0, 0.1) is 0 Å². The highest BCUT2D eigenvalue weighted by Gasteiger charge is 2.28. The number of aromatic nitrogens is 1. The highest BCUT2D eigenvalue weighted by atomic mass is 79.9. The summed E-state index contributed by atoms with van der Waals surface area (Å²) in [6.45, 7) is 7.61. The molecule has 1 N–H and O–H groups in total. The maximum absolute atomic E-state index is 12.1. The summed E-state index contributed by atoms with van der Waals surface area (Å²) in [6, 6.07) is 3.97. The van der Waals surface area contributed by atoms with Gasteiger partial charge in [-0.3, -0.25) is 0 Å². The highest BCUT2D eigenvalue weighted by molar-refractivity contribution is 9.10. The van der Waals surface area contributed by atoms with Crippen LogP contribution in [-0.2, 0) is 4.74 Å². The second-order valence-electron chi connectivity index (χ2n) is 5.82. The van der Waals surface area contributed by atoms with E-state index in [1.54, 1.807) is 11.1 Å². The van der Waals surface area contributed by atoms with Crippen LogP contribution in [0.25, 0.3) is 0 Å². The van der Waals surface area contributed by atoms with Crippen LogP contribution in [0.4, 0.5) is 4.79 Å². The Kier molecular flexibility index (Phi) is 4.65. The van der Waals surface area contributed by atoms with Crippen LogP contribution in [0.2, 0.25) is 0 Å². The lowest BCUT2D eigenvalue weighted by molar-refractivity contribution is 0.0194. The van der Waals surface area contributed by atoms with E-state index < -0.39 is 5.60 Å². The van der Waals surface area contributed by atoms with Gasteiger partial charge in [-0.2, -0.15) is 0 Å². The van der Waals surface area contributed by atoms with Gasteiger partial charge in [0, 0.05) is 31.4 Å². The number of hydrogen-bond acceptors (Lipinski definition) is 4. The number of piperazine rings is 1. The van der Waals surface area contributed by atoms with E-state index >= 15 is 0 Å². The number of carbonyl (C=O) groups is 1. The van der Waals surface area contributed by atoms with Gasteiger partial charge in [0.15, 0.2) is 0 Å². The molecule has 1 aliphatic rings. The van der Waals surface area contributed by atoms with Crippen molar-refractivity contribution in [1.82, 2.24) is 15.2 Å². The van der Waals surface area contributed by atoms with Crippen molar-refractivity contribution in [3.8, 4) is 0 Å². The molecule has 1 fully saturated rings. The van der Waals surface area contributed by atoms with Crippen LogP contribution in [0.15, 0.2) is 22.9 Å². The molecule has 0 radical (unpaired) electrons. The molecule has 0 aromatic carbocycles. The van der Waals surface area contributed by atoms with Crippen LogP contribution in [0.1, 0.15) is 32.4 Å². The fourth-order valence-corrected chi connectivity index (χ4v) is 2.64. The van der Waals surface area contributed by atoms with Crippen LogP contribution >= 0.6 is 15.9 Å². The Morgan fingerprint density at radius 3 is 2.95 bits per heavy atom. The van der Waals surface area contributed by atoms with Crippen molar-refractivity contribution in [3.63, 3.8) is 0 Å². The van der Waals surface area contributed by atoms with Gasteiger partial charge in [-0.15, -0.1) is 0 Å². The number of ether oxygens (including phenoxy) is 1. The van der Waals surface area contributed by atoms with Gasteiger partial charge in [-0.25, -0.2) is 9.78 Å². The summed E-state index contributed by atoms with van der Waals surface area (Å²) in [5.41, 5.74) is 0.590. The summed E-state index contributed by atoms with van der Waals surface area (Å²) in [6.07, 6.45) is 1.48. The Labute approximate surface area is 127 Å². The summed E-state index contributed by atoms with van der Waals surface area (Å²) >= 11 is 3.45. The van der Waals surface area contributed by atoms with Gasteiger partial charge in [-0.1, -0.05) is 6.07 Å². The zero-order chi connectivity index (χ0) is 14.8. The van der Waals surface area contributed by atoms with Gasteiger partial charge >= 0.3 is 6.09 Å². The topological polar surface area (TPSA) is 54.5 Å². The third-order valence-corrected chi connectivity index (χ3v) is 3.65. The van der Waals surface area contributed by atoms with E-state index in [2.05, 4.69) is 26.2 Å². The van der Waals surface area contributed by atoms with Crippen molar-refractivity contribution in [2.75, 3.05) is 19.6 Å². The average Bonchev–Trinajstić information content (AvgIpc) is 2.37. The fourth-order valence-electron chi connectivity index (χ4n) is 2.11. The Hall–Kier alpha value is -1.14. The fraction of sp³-hybridized carbons (Fsp3) is 0.571. The summed E-state index contributed by atoms with van der Waals surface area (Å²) < 4.78 is 6.23. The van der Waals surface area contributed by atoms with E-state index in [1.807, 2.05) is 32.9 Å². The first-order valence-electron chi connectivity index (χ1n) is 6.68. The Morgan fingerprint density at radius 1 is 1.55 bits per heavy atom. The highest BCUT2D eigenvalue weighted by Crippen LogP contribution is 2.24. The molecule has 6 heteroatoms. The largest absolute Gasteiger partial charge is 0.444 e. The molecular formula is C14H20BrN3O2. The minimum absolute atomic E-state index is 0.0688. The number of carbonyl (C=O) groups excluding carboxylic acids is 1. The van der Waals surface area contributed by atoms with Gasteiger partial charge in [0.2, 0.25) is 0 Å². The maximum Gasteiger partial charge on any atom is 0.410 e. The molecule has 110 valence electrons. The second-order valence-corrected chi connectivity index (χ2v) is 6.57. The number of nitrogens with zero attached hydrogens (tertiary/aromatic N) is 2. The van der Waals surface area contributed by atoms with Crippen molar-refractivity contribution in [2.45, 2.75) is 32.4 Å². The van der Waals surface area contributed by atoms with Gasteiger partial charge in [0.25, 0.3) is 0 Å². The van der Waals surface area contributed by atoms with E-state index in [4.69, 9.17) is 4.74 Å². The quantitative estimate of drug-likeness (QED) is 0.798. The minimum atomic E-state index is -0.466. The molecule has 1 unspecified atom stereocenters. The van der Waals surface area contributed by atoms with Gasteiger partial charge in [0.05, 0.1) is 6.04 Å². The summed E-state index contributed by atoms with van der Waals surface area (Å²) in [5.74, 6) is 0. The molecule has 5 nitrogen and oxygen atoms in total. The molecule has 0 bridgehead atoms. The maximum atomic E-state index is 12.1. The summed E-state index contributed by atoms with van der Waals surface area (Å²) in [4.78, 5) is 18.1. The number of pyridine rings is 1. The van der Waals surface area contributed by atoms with Crippen molar-refractivity contribution in [3.05, 3.63) is 28.5 Å². The van der Waals surface area contributed by atoms with Gasteiger partial charge < -0.3 is 15.0 Å². The van der Waals surface area contributed by atoms with Crippen LogP contribution in [0.3, 0.4) is 0 Å². The van der Waals surface area contributed by atoms with Crippen molar-refractivity contribution >= 4 is 22.0 Å². The molecule has 1 aromatic rings. The second kappa shape index (κ2) is 6.10. The van der Waals surface area contributed by atoms with Crippen molar-refractivity contribution in [1.29, 1.82) is 0 Å². The normalized spacial score (nSPS) is 19.8. The number of nitrogens with one attached hydrogen (secondary N) is 1. The summed E-state index contributed by atoms with van der Waals surface area (Å²) in [5, 5.41) is 3.40. The molecule has 1 atom stereocenters. The zero-order valence-corrected chi connectivity index (χ0v) is 13.6. The first kappa shape index (κ1) is 15.3. The SMILES string of the molecule is CC(C)(C)OC(=O)N1CCNC(c2cccnc2Br)C1. The van der Waals surface area contributed by atoms with Gasteiger partial charge in [-0.05, 0) is 42.8 Å². The standard InChI is InChI=1S/C14H20BrN3O2/c1-14(2,3)20-13(19)18-8-7-16-11(9-18)10-5-4-6-17-12(10)15/h4-6,11,16H,7-9H2,1-3H3. The number of amides is 1. The molecule has 0 aliphatic carbocycles. The van der Waals surface area contributed by atoms with Crippen LogP contribution < -0.4 is 5.32 Å². The molecule has 1 amide bonds. The molecule has 0 spiro atoms. The lowest BCUT2D eigenvalue weighted by Crippen LogP contribution is -2.49. The molecule has 0 saturated carbocycles. The minimum Gasteiger partial charge on any atom is -0.444 e. The number of hydrogen-bond donors (Lipinski definition) is 1. The van der Waals surface area contributed by atoms with E-state index in [-0.39, 0.29) is 12.1 Å². The van der Waals surface area contributed by atoms with Gasteiger partial charge in [0.1, 0.15) is 10.2 Å².